The molecule has 0 saturated heterocycles. The molecule has 0 saturated carbocycles. The molecule has 0 aromatic carbocycles. The van der Waals surface area contributed by atoms with Gasteiger partial charge in [0.1, 0.15) is 0 Å². The first-order valence-corrected chi connectivity index (χ1v) is 4.54. The van der Waals surface area contributed by atoms with Crippen molar-refractivity contribution in [1.82, 2.24) is 14.4 Å². The molecule has 0 amide bonds. The summed E-state index contributed by atoms with van der Waals surface area (Å²) in [5.74, 6) is 0.649. The fourth-order valence-corrected chi connectivity index (χ4v) is 1.50. The third-order valence-corrected chi connectivity index (χ3v) is 2.11. The summed E-state index contributed by atoms with van der Waals surface area (Å²) in [4.78, 5) is 11.2. The zero-order valence-corrected chi connectivity index (χ0v) is 8.55. The predicted octanol–water partition coefficient (Wildman–Crippen LogP) is 2.16. The van der Waals surface area contributed by atoms with Crippen molar-refractivity contribution >= 4 is 5.78 Å². The molecule has 15 heavy (non-hydrogen) atoms. The largest absolute Gasteiger partial charge is 0.288 e. The first kappa shape index (κ1) is 9.48. The van der Waals surface area contributed by atoms with Crippen LogP contribution in [0.15, 0.2) is 17.4 Å². The lowest BCUT2D eigenvalue weighted by molar-refractivity contribution is 0.995. The summed E-state index contributed by atoms with van der Waals surface area (Å²) < 4.78 is 1.88. The lowest BCUT2D eigenvalue weighted by atomic mass is 10.3. The van der Waals surface area contributed by atoms with Crippen molar-refractivity contribution in [2.45, 2.75) is 20.4 Å². The van der Waals surface area contributed by atoms with Crippen molar-refractivity contribution in [2.24, 2.45) is 5.11 Å². The maximum absolute atomic E-state index is 8.21. The SMILES string of the molecule is Cc1cc(C)n2cc(CN=[N+]=[N-])nc2n1. The van der Waals surface area contributed by atoms with Gasteiger partial charge in [0.2, 0.25) is 5.78 Å². The first-order chi connectivity index (χ1) is 7.20. The highest BCUT2D eigenvalue weighted by Gasteiger charge is 2.04. The summed E-state index contributed by atoms with van der Waals surface area (Å²) in [5.41, 5.74) is 10.9. The van der Waals surface area contributed by atoms with E-state index in [1.165, 1.54) is 0 Å². The minimum absolute atomic E-state index is 0.262. The van der Waals surface area contributed by atoms with Crippen LogP contribution in [0.2, 0.25) is 0 Å². The zero-order valence-electron chi connectivity index (χ0n) is 8.55. The van der Waals surface area contributed by atoms with Crippen LogP contribution in [-0.4, -0.2) is 14.4 Å². The number of imidazole rings is 1. The Kier molecular flexibility index (Phi) is 2.27. The van der Waals surface area contributed by atoms with E-state index in [-0.39, 0.29) is 6.54 Å². The van der Waals surface area contributed by atoms with Gasteiger partial charge in [-0.15, -0.1) is 0 Å². The molecule has 0 aliphatic carbocycles. The van der Waals surface area contributed by atoms with E-state index in [9.17, 15) is 0 Å². The normalized spacial score (nSPS) is 10.3. The van der Waals surface area contributed by atoms with Gasteiger partial charge in [0.15, 0.2) is 0 Å². The molecule has 0 radical (unpaired) electrons. The van der Waals surface area contributed by atoms with Gasteiger partial charge in [0.25, 0.3) is 0 Å². The van der Waals surface area contributed by atoms with Gasteiger partial charge in [0, 0.05) is 22.5 Å². The van der Waals surface area contributed by atoms with Crippen LogP contribution in [-0.2, 0) is 6.54 Å². The van der Waals surface area contributed by atoms with E-state index in [0.717, 1.165) is 17.1 Å². The fourth-order valence-electron chi connectivity index (χ4n) is 1.50. The Bertz CT molecular complexity index is 549. The number of hydrogen-bond acceptors (Lipinski definition) is 3. The van der Waals surface area contributed by atoms with Crippen LogP contribution in [0, 0.1) is 13.8 Å². The molecule has 0 spiro atoms. The standard InChI is InChI=1S/C9H10N6/c1-6-3-7(2)15-5-8(4-11-14-10)13-9(15)12-6/h3,5H,4H2,1-2H3. The van der Waals surface area contributed by atoms with Gasteiger partial charge in [-0.2, -0.15) is 0 Å². The molecule has 2 aromatic heterocycles. The third-order valence-electron chi connectivity index (χ3n) is 2.11. The third kappa shape index (κ3) is 1.75. The molecule has 2 aromatic rings. The molecule has 76 valence electrons. The minimum atomic E-state index is 0.262. The van der Waals surface area contributed by atoms with Crippen LogP contribution in [0.5, 0.6) is 0 Å². The lowest BCUT2D eigenvalue weighted by Gasteiger charge is -1.98. The summed E-state index contributed by atoms with van der Waals surface area (Å²) >= 11 is 0. The summed E-state index contributed by atoms with van der Waals surface area (Å²) in [6, 6.07) is 1.98. The molecule has 0 aliphatic heterocycles. The molecule has 2 heterocycles. The Labute approximate surface area is 86.2 Å². The van der Waals surface area contributed by atoms with Crippen LogP contribution < -0.4 is 0 Å². The van der Waals surface area contributed by atoms with Crippen LogP contribution >= 0.6 is 0 Å². The maximum Gasteiger partial charge on any atom is 0.234 e. The zero-order chi connectivity index (χ0) is 10.8. The van der Waals surface area contributed by atoms with Gasteiger partial charge >= 0.3 is 0 Å². The average Bonchev–Trinajstić information content (AvgIpc) is 2.57. The van der Waals surface area contributed by atoms with Crippen LogP contribution in [0.25, 0.3) is 16.2 Å². The van der Waals surface area contributed by atoms with Crippen LogP contribution in [0.1, 0.15) is 17.1 Å². The number of azide groups is 1. The maximum atomic E-state index is 8.21. The quantitative estimate of drug-likeness (QED) is 0.425. The number of aryl methyl sites for hydroxylation is 2. The molecule has 0 aliphatic rings. The summed E-state index contributed by atoms with van der Waals surface area (Å²) in [5, 5.41) is 3.47. The molecule has 6 nitrogen and oxygen atoms in total. The second-order valence-electron chi connectivity index (χ2n) is 3.33. The van der Waals surface area contributed by atoms with Crippen molar-refractivity contribution in [3.8, 4) is 0 Å². The van der Waals surface area contributed by atoms with E-state index >= 15 is 0 Å². The second kappa shape index (κ2) is 3.59. The Morgan fingerprint density at radius 2 is 2.27 bits per heavy atom. The van der Waals surface area contributed by atoms with E-state index in [1.54, 1.807) is 0 Å². The smallest absolute Gasteiger partial charge is 0.234 e. The number of rotatable bonds is 2. The van der Waals surface area contributed by atoms with E-state index in [2.05, 4.69) is 20.0 Å². The van der Waals surface area contributed by atoms with Crippen molar-refractivity contribution < 1.29 is 0 Å². The lowest BCUT2D eigenvalue weighted by Crippen LogP contribution is -1.94. The fraction of sp³-hybridized carbons (Fsp3) is 0.333. The van der Waals surface area contributed by atoms with Crippen molar-refractivity contribution in [1.29, 1.82) is 0 Å². The molecule has 0 bridgehead atoms. The molecular weight excluding hydrogens is 192 g/mol. The van der Waals surface area contributed by atoms with Gasteiger partial charge in [-0.1, -0.05) is 5.11 Å². The van der Waals surface area contributed by atoms with E-state index in [0.29, 0.717) is 5.78 Å². The molecular formula is C9H10N6. The predicted molar refractivity (Wildman–Crippen MR) is 55.3 cm³/mol. The molecule has 0 atom stereocenters. The Morgan fingerprint density at radius 3 is 3.00 bits per heavy atom. The highest BCUT2D eigenvalue weighted by atomic mass is 15.2. The number of fused-ring (bicyclic) bond motifs is 1. The van der Waals surface area contributed by atoms with E-state index in [4.69, 9.17) is 5.53 Å². The molecule has 0 N–H and O–H groups in total. The highest BCUT2D eigenvalue weighted by molar-refractivity contribution is 5.34. The van der Waals surface area contributed by atoms with Crippen LogP contribution in [0.3, 0.4) is 0 Å². The van der Waals surface area contributed by atoms with Crippen LogP contribution in [0.4, 0.5) is 0 Å². The number of hydrogen-bond donors (Lipinski definition) is 0. The molecule has 0 unspecified atom stereocenters. The van der Waals surface area contributed by atoms with Gasteiger partial charge in [0.05, 0.1) is 12.2 Å². The Balaban J connectivity index is 2.55. The van der Waals surface area contributed by atoms with E-state index in [1.807, 2.05) is 30.5 Å². The summed E-state index contributed by atoms with van der Waals surface area (Å²) in [6.07, 6.45) is 1.84. The second-order valence-corrected chi connectivity index (χ2v) is 3.33. The average molecular weight is 202 g/mol. The molecule has 0 fully saturated rings. The Hall–Kier alpha value is -2.07. The van der Waals surface area contributed by atoms with E-state index < -0.39 is 0 Å². The topological polar surface area (TPSA) is 79.0 Å². The molecule has 6 heteroatoms. The van der Waals surface area contributed by atoms with Crippen molar-refractivity contribution in [3.63, 3.8) is 0 Å². The van der Waals surface area contributed by atoms with Gasteiger partial charge < -0.3 is 0 Å². The molecule has 2 rings (SSSR count). The first-order valence-electron chi connectivity index (χ1n) is 4.54. The minimum Gasteiger partial charge on any atom is -0.288 e. The van der Waals surface area contributed by atoms with Crippen molar-refractivity contribution in [3.05, 3.63) is 39.8 Å². The Morgan fingerprint density at radius 1 is 1.47 bits per heavy atom. The number of nitrogens with zero attached hydrogens (tertiary/aromatic N) is 6. The summed E-state index contributed by atoms with van der Waals surface area (Å²) in [7, 11) is 0. The van der Waals surface area contributed by atoms with Gasteiger partial charge in [-0.3, -0.25) is 4.40 Å². The van der Waals surface area contributed by atoms with Gasteiger partial charge in [-0.05, 0) is 25.4 Å². The summed E-state index contributed by atoms with van der Waals surface area (Å²) in [6.45, 7) is 4.17. The van der Waals surface area contributed by atoms with Crippen molar-refractivity contribution in [2.75, 3.05) is 0 Å². The highest BCUT2D eigenvalue weighted by Crippen LogP contribution is 2.08. The van der Waals surface area contributed by atoms with Gasteiger partial charge in [-0.25, -0.2) is 9.97 Å². The monoisotopic (exact) mass is 202 g/mol. The number of aromatic nitrogens is 3.